The molecular weight excluding hydrogens is 248 g/mol. The summed E-state index contributed by atoms with van der Waals surface area (Å²) in [4.78, 5) is 11.9. The van der Waals surface area contributed by atoms with Gasteiger partial charge in [0.1, 0.15) is 0 Å². The molecule has 0 aromatic heterocycles. The van der Waals surface area contributed by atoms with Crippen LogP contribution < -0.4 is 10.6 Å². The van der Waals surface area contributed by atoms with Gasteiger partial charge in [-0.3, -0.25) is 0 Å². The molecule has 0 saturated carbocycles. The van der Waals surface area contributed by atoms with Gasteiger partial charge in [-0.1, -0.05) is 42.0 Å². The van der Waals surface area contributed by atoms with E-state index in [1.807, 2.05) is 57.2 Å². The van der Waals surface area contributed by atoms with Crippen LogP contribution in [0, 0.1) is 20.8 Å². The Morgan fingerprint density at radius 2 is 1.75 bits per heavy atom. The maximum atomic E-state index is 11.9. The van der Waals surface area contributed by atoms with Crippen molar-refractivity contribution < 1.29 is 4.79 Å². The number of rotatable bonds is 3. The van der Waals surface area contributed by atoms with Crippen molar-refractivity contribution in [1.29, 1.82) is 0 Å². The molecule has 0 aliphatic rings. The minimum atomic E-state index is -0.180. The molecule has 2 aromatic rings. The number of hydrogen-bond acceptors (Lipinski definition) is 1. The van der Waals surface area contributed by atoms with Gasteiger partial charge >= 0.3 is 6.03 Å². The van der Waals surface area contributed by atoms with E-state index in [4.69, 9.17) is 0 Å². The first-order chi connectivity index (χ1) is 9.54. The van der Waals surface area contributed by atoms with E-state index < -0.39 is 0 Å². The van der Waals surface area contributed by atoms with E-state index in [1.54, 1.807) is 0 Å². The van der Waals surface area contributed by atoms with Crippen molar-refractivity contribution in [2.24, 2.45) is 0 Å². The van der Waals surface area contributed by atoms with Crippen molar-refractivity contribution in [3.8, 4) is 0 Å². The predicted molar refractivity (Wildman–Crippen MR) is 83.0 cm³/mol. The number of hydrogen-bond donors (Lipinski definition) is 2. The van der Waals surface area contributed by atoms with Crippen molar-refractivity contribution in [3.05, 3.63) is 64.7 Å². The van der Waals surface area contributed by atoms with Gasteiger partial charge in [0.25, 0.3) is 0 Å². The number of benzene rings is 2. The van der Waals surface area contributed by atoms with Crippen LogP contribution in [0.2, 0.25) is 0 Å². The van der Waals surface area contributed by atoms with E-state index in [0.717, 1.165) is 22.4 Å². The first-order valence-corrected chi connectivity index (χ1v) is 6.72. The van der Waals surface area contributed by atoms with Gasteiger partial charge in [0.05, 0.1) is 0 Å². The maximum Gasteiger partial charge on any atom is 0.319 e. The van der Waals surface area contributed by atoms with Crippen molar-refractivity contribution in [1.82, 2.24) is 5.32 Å². The van der Waals surface area contributed by atoms with Gasteiger partial charge in [-0.2, -0.15) is 0 Å². The third-order valence-corrected chi connectivity index (χ3v) is 3.18. The van der Waals surface area contributed by atoms with Crippen LogP contribution in [0.15, 0.2) is 42.5 Å². The number of amides is 2. The van der Waals surface area contributed by atoms with Crippen LogP contribution in [-0.2, 0) is 6.54 Å². The Morgan fingerprint density at radius 1 is 1.00 bits per heavy atom. The molecule has 0 spiro atoms. The van der Waals surface area contributed by atoms with Crippen LogP contribution in [0.4, 0.5) is 10.5 Å². The molecule has 2 amide bonds. The molecule has 0 bridgehead atoms. The molecule has 20 heavy (non-hydrogen) atoms. The molecule has 2 N–H and O–H groups in total. The van der Waals surface area contributed by atoms with E-state index in [9.17, 15) is 4.79 Å². The van der Waals surface area contributed by atoms with Gasteiger partial charge in [-0.15, -0.1) is 0 Å². The van der Waals surface area contributed by atoms with Crippen molar-refractivity contribution in [3.63, 3.8) is 0 Å². The third kappa shape index (κ3) is 3.85. The zero-order chi connectivity index (χ0) is 14.5. The summed E-state index contributed by atoms with van der Waals surface area (Å²) in [6.07, 6.45) is 0. The highest BCUT2D eigenvalue weighted by Crippen LogP contribution is 2.16. The smallest absolute Gasteiger partial charge is 0.319 e. The quantitative estimate of drug-likeness (QED) is 0.870. The van der Waals surface area contributed by atoms with E-state index in [1.165, 1.54) is 5.56 Å². The van der Waals surface area contributed by atoms with Gasteiger partial charge in [-0.25, -0.2) is 4.79 Å². The standard InChI is InChI=1S/C17H20N2O/c1-12-5-4-6-15(9-12)11-18-17(20)19-16-10-13(2)7-8-14(16)3/h4-10H,11H2,1-3H3,(H2,18,19,20). The summed E-state index contributed by atoms with van der Waals surface area (Å²) in [6, 6.07) is 13.9. The van der Waals surface area contributed by atoms with Crippen LogP contribution in [0.25, 0.3) is 0 Å². The Balaban J connectivity index is 1.94. The normalized spacial score (nSPS) is 10.2. The van der Waals surface area contributed by atoms with E-state index in [-0.39, 0.29) is 6.03 Å². The van der Waals surface area contributed by atoms with Crippen LogP contribution >= 0.6 is 0 Å². The molecule has 3 nitrogen and oxygen atoms in total. The Labute approximate surface area is 120 Å². The van der Waals surface area contributed by atoms with Crippen LogP contribution in [-0.4, -0.2) is 6.03 Å². The summed E-state index contributed by atoms with van der Waals surface area (Å²) in [7, 11) is 0. The van der Waals surface area contributed by atoms with Gasteiger partial charge in [0.2, 0.25) is 0 Å². The van der Waals surface area contributed by atoms with Crippen molar-refractivity contribution in [2.45, 2.75) is 27.3 Å². The van der Waals surface area contributed by atoms with Gasteiger partial charge in [-0.05, 0) is 43.5 Å². The van der Waals surface area contributed by atoms with E-state index >= 15 is 0 Å². The average molecular weight is 268 g/mol. The fraction of sp³-hybridized carbons (Fsp3) is 0.235. The zero-order valence-electron chi connectivity index (χ0n) is 12.2. The maximum absolute atomic E-state index is 11.9. The third-order valence-electron chi connectivity index (χ3n) is 3.18. The molecule has 104 valence electrons. The first-order valence-electron chi connectivity index (χ1n) is 6.72. The monoisotopic (exact) mass is 268 g/mol. The number of aryl methyl sites for hydroxylation is 3. The lowest BCUT2D eigenvalue weighted by Gasteiger charge is -2.11. The van der Waals surface area contributed by atoms with Gasteiger partial charge in [0, 0.05) is 12.2 Å². The topological polar surface area (TPSA) is 41.1 Å². The second-order valence-corrected chi connectivity index (χ2v) is 5.12. The average Bonchev–Trinajstić information content (AvgIpc) is 2.41. The second kappa shape index (κ2) is 6.24. The second-order valence-electron chi connectivity index (χ2n) is 5.12. The van der Waals surface area contributed by atoms with Crippen LogP contribution in [0.1, 0.15) is 22.3 Å². The molecule has 0 heterocycles. The zero-order valence-corrected chi connectivity index (χ0v) is 12.2. The number of nitrogens with one attached hydrogen (secondary N) is 2. The molecule has 3 heteroatoms. The predicted octanol–water partition coefficient (Wildman–Crippen LogP) is 3.93. The minimum Gasteiger partial charge on any atom is -0.334 e. The molecule has 0 fully saturated rings. The molecule has 0 saturated heterocycles. The highest BCUT2D eigenvalue weighted by atomic mass is 16.2. The summed E-state index contributed by atoms with van der Waals surface area (Å²) >= 11 is 0. The molecule has 2 aromatic carbocycles. The molecule has 2 rings (SSSR count). The lowest BCUT2D eigenvalue weighted by molar-refractivity contribution is 0.251. The lowest BCUT2D eigenvalue weighted by atomic mass is 10.1. The first kappa shape index (κ1) is 14.1. The van der Waals surface area contributed by atoms with Gasteiger partial charge in [0.15, 0.2) is 0 Å². The Kier molecular flexibility index (Phi) is 4.41. The van der Waals surface area contributed by atoms with Gasteiger partial charge < -0.3 is 10.6 Å². The van der Waals surface area contributed by atoms with Crippen LogP contribution in [0.3, 0.4) is 0 Å². The molecule has 0 aliphatic heterocycles. The van der Waals surface area contributed by atoms with Crippen LogP contribution in [0.5, 0.6) is 0 Å². The van der Waals surface area contributed by atoms with E-state index in [2.05, 4.69) is 16.7 Å². The largest absolute Gasteiger partial charge is 0.334 e. The fourth-order valence-electron chi connectivity index (χ4n) is 2.04. The highest BCUT2D eigenvalue weighted by molar-refractivity contribution is 5.90. The summed E-state index contributed by atoms with van der Waals surface area (Å²) in [5.74, 6) is 0. The molecular formula is C17H20N2O. The van der Waals surface area contributed by atoms with Crippen molar-refractivity contribution in [2.75, 3.05) is 5.32 Å². The Morgan fingerprint density at radius 3 is 2.50 bits per heavy atom. The SMILES string of the molecule is Cc1cccc(CNC(=O)Nc2cc(C)ccc2C)c1. The summed E-state index contributed by atoms with van der Waals surface area (Å²) in [6.45, 7) is 6.56. The van der Waals surface area contributed by atoms with E-state index in [0.29, 0.717) is 6.54 Å². The molecule has 0 unspecified atom stereocenters. The van der Waals surface area contributed by atoms with Crippen molar-refractivity contribution >= 4 is 11.7 Å². The highest BCUT2D eigenvalue weighted by Gasteiger charge is 2.04. The molecule has 0 aliphatic carbocycles. The minimum absolute atomic E-state index is 0.180. The summed E-state index contributed by atoms with van der Waals surface area (Å²) in [5, 5.41) is 5.76. The Bertz CT molecular complexity index is 620. The number of carbonyl (C=O) groups excluding carboxylic acids is 1. The fourth-order valence-corrected chi connectivity index (χ4v) is 2.04. The summed E-state index contributed by atoms with van der Waals surface area (Å²) < 4.78 is 0. The molecule has 0 radical (unpaired) electrons. The number of anilines is 1. The molecule has 0 atom stereocenters. The summed E-state index contributed by atoms with van der Waals surface area (Å²) in [5.41, 5.74) is 5.33. The Hall–Kier alpha value is -2.29. The number of carbonyl (C=O) groups is 1. The lowest BCUT2D eigenvalue weighted by Crippen LogP contribution is -2.28. The number of urea groups is 1.